The maximum atomic E-state index is 12.0. The lowest BCUT2D eigenvalue weighted by Crippen LogP contribution is -2.05. The Bertz CT molecular complexity index is 817. The van der Waals surface area contributed by atoms with Crippen molar-refractivity contribution >= 4 is 11.0 Å². The van der Waals surface area contributed by atoms with Crippen molar-refractivity contribution in [2.75, 3.05) is 7.11 Å². The Kier molecular flexibility index (Phi) is 3.03. The van der Waals surface area contributed by atoms with Crippen LogP contribution in [0, 0.1) is 6.92 Å². The van der Waals surface area contributed by atoms with Crippen molar-refractivity contribution in [1.82, 2.24) is 0 Å². The highest BCUT2D eigenvalue weighted by molar-refractivity contribution is 5.95. The lowest BCUT2D eigenvalue weighted by Gasteiger charge is -2.10. The highest BCUT2D eigenvalue weighted by atomic mass is 16.5. The van der Waals surface area contributed by atoms with Gasteiger partial charge in [-0.15, -0.1) is 0 Å². The summed E-state index contributed by atoms with van der Waals surface area (Å²) in [4.78, 5) is 12.0. The molecule has 100 valence electrons. The fraction of sp³-hybridized carbons (Fsp3) is 0.118. The summed E-state index contributed by atoms with van der Waals surface area (Å²) in [7, 11) is 1.59. The third-order valence-electron chi connectivity index (χ3n) is 3.40. The molecule has 0 radical (unpaired) electrons. The molecule has 1 aromatic heterocycles. The first-order valence-corrected chi connectivity index (χ1v) is 6.37. The molecule has 0 fully saturated rings. The first-order valence-electron chi connectivity index (χ1n) is 6.37. The van der Waals surface area contributed by atoms with E-state index in [4.69, 9.17) is 9.15 Å². The van der Waals surface area contributed by atoms with Crippen molar-refractivity contribution in [2.24, 2.45) is 0 Å². The summed E-state index contributed by atoms with van der Waals surface area (Å²) in [6, 6.07) is 15.4. The van der Waals surface area contributed by atoms with E-state index in [-0.39, 0.29) is 5.63 Å². The van der Waals surface area contributed by atoms with Crippen LogP contribution in [-0.4, -0.2) is 7.11 Å². The van der Waals surface area contributed by atoms with Crippen LogP contribution in [0.5, 0.6) is 5.75 Å². The van der Waals surface area contributed by atoms with Gasteiger partial charge in [0.2, 0.25) is 0 Å². The minimum atomic E-state index is -0.315. The SMILES string of the molecule is COc1ccc2c(-c3ccccc3)c(C)c(=O)oc2c1. The third kappa shape index (κ3) is 1.97. The molecule has 0 bridgehead atoms. The first-order chi connectivity index (χ1) is 9.70. The molecule has 3 heteroatoms. The van der Waals surface area contributed by atoms with Crippen LogP contribution in [0.25, 0.3) is 22.1 Å². The van der Waals surface area contributed by atoms with Crippen molar-refractivity contribution in [3.05, 3.63) is 64.5 Å². The quantitative estimate of drug-likeness (QED) is 0.663. The molecular formula is C17H14O3. The Morgan fingerprint density at radius 1 is 1.05 bits per heavy atom. The summed E-state index contributed by atoms with van der Waals surface area (Å²) < 4.78 is 10.5. The summed E-state index contributed by atoms with van der Waals surface area (Å²) in [6.45, 7) is 1.79. The molecule has 20 heavy (non-hydrogen) atoms. The maximum Gasteiger partial charge on any atom is 0.339 e. The summed E-state index contributed by atoms with van der Waals surface area (Å²) in [5.41, 5.74) is 2.77. The number of ether oxygens (including phenoxy) is 1. The number of hydrogen-bond acceptors (Lipinski definition) is 3. The zero-order valence-electron chi connectivity index (χ0n) is 11.3. The number of rotatable bonds is 2. The van der Waals surface area contributed by atoms with Crippen LogP contribution in [0.1, 0.15) is 5.56 Å². The van der Waals surface area contributed by atoms with Crippen LogP contribution in [0.2, 0.25) is 0 Å². The van der Waals surface area contributed by atoms with E-state index in [1.807, 2.05) is 42.5 Å². The van der Waals surface area contributed by atoms with E-state index in [0.29, 0.717) is 16.9 Å². The summed E-state index contributed by atoms with van der Waals surface area (Å²) >= 11 is 0. The lowest BCUT2D eigenvalue weighted by molar-refractivity contribution is 0.414. The fourth-order valence-electron chi connectivity index (χ4n) is 2.38. The highest BCUT2D eigenvalue weighted by Crippen LogP contribution is 2.31. The average molecular weight is 266 g/mol. The lowest BCUT2D eigenvalue weighted by atomic mass is 9.98. The third-order valence-corrected chi connectivity index (χ3v) is 3.40. The van der Waals surface area contributed by atoms with Gasteiger partial charge in [0, 0.05) is 22.6 Å². The van der Waals surface area contributed by atoms with Gasteiger partial charge >= 0.3 is 5.63 Å². The molecule has 0 atom stereocenters. The van der Waals surface area contributed by atoms with Gasteiger partial charge in [0.15, 0.2) is 0 Å². The smallest absolute Gasteiger partial charge is 0.339 e. The molecule has 0 saturated carbocycles. The van der Waals surface area contributed by atoms with Gasteiger partial charge < -0.3 is 9.15 Å². The predicted molar refractivity (Wildman–Crippen MR) is 79.2 cm³/mol. The van der Waals surface area contributed by atoms with Gasteiger partial charge in [-0.1, -0.05) is 30.3 Å². The van der Waals surface area contributed by atoms with Crippen LogP contribution >= 0.6 is 0 Å². The van der Waals surface area contributed by atoms with Gasteiger partial charge in [-0.3, -0.25) is 0 Å². The van der Waals surface area contributed by atoms with Gasteiger partial charge in [-0.25, -0.2) is 4.79 Å². The Morgan fingerprint density at radius 3 is 2.50 bits per heavy atom. The zero-order valence-corrected chi connectivity index (χ0v) is 11.3. The molecule has 0 unspecified atom stereocenters. The molecule has 0 aliphatic rings. The highest BCUT2D eigenvalue weighted by Gasteiger charge is 2.13. The number of methoxy groups -OCH3 is 1. The Labute approximate surface area is 116 Å². The molecule has 0 spiro atoms. The molecule has 0 amide bonds. The van der Waals surface area contributed by atoms with E-state index < -0.39 is 0 Å². The number of fused-ring (bicyclic) bond motifs is 1. The van der Waals surface area contributed by atoms with Gasteiger partial charge in [-0.2, -0.15) is 0 Å². The summed E-state index contributed by atoms with van der Waals surface area (Å²) in [5, 5.41) is 0.911. The second-order valence-electron chi connectivity index (χ2n) is 4.62. The van der Waals surface area contributed by atoms with E-state index in [1.54, 1.807) is 20.1 Å². The normalized spacial score (nSPS) is 10.7. The molecule has 0 aliphatic heterocycles. The van der Waals surface area contributed by atoms with Gasteiger partial charge in [-0.05, 0) is 24.6 Å². The van der Waals surface area contributed by atoms with Gasteiger partial charge in [0.05, 0.1) is 7.11 Å². The molecule has 0 N–H and O–H groups in total. The van der Waals surface area contributed by atoms with Crippen LogP contribution < -0.4 is 10.4 Å². The van der Waals surface area contributed by atoms with E-state index in [1.165, 1.54) is 0 Å². The molecule has 0 saturated heterocycles. The largest absolute Gasteiger partial charge is 0.497 e. The van der Waals surface area contributed by atoms with Crippen LogP contribution in [0.15, 0.2) is 57.7 Å². The second-order valence-corrected chi connectivity index (χ2v) is 4.62. The van der Waals surface area contributed by atoms with Crippen molar-refractivity contribution in [2.45, 2.75) is 6.92 Å². The molecule has 0 aliphatic carbocycles. The van der Waals surface area contributed by atoms with Crippen molar-refractivity contribution in [3.63, 3.8) is 0 Å². The Balaban J connectivity index is 2.41. The van der Waals surface area contributed by atoms with Crippen molar-refractivity contribution in [1.29, 1.82) is 0 Å². The Hall–Kier alpha value is -2.55. The monoisotopic (exact) mass is 266 g/mol. The number of benzene rings is 2. The van der Waals surface area contributed by atoms with Gasteiger partial charge in [0.25, 0.3) is 0 Å². The van der Waals surface area contributed by atoms with E-state index in [0.717, 1.165) is 16.5 Å². The molecule has 2 aromatic carbocycles. The van der Waals surface area contributed by atoms with Crippen LogP contribution in [-0.2, 0) is 0 Å². The summed E-state index contributed by atoms with van der Waals surface area (Å²) in [5.74, 6) is 0.670. The van der Waals surface area contributed by atoms with Crippen molar-refractivity contribution < 1.29 is 9.15 Å². The van der Waals surface area contributed by atoms with Gasteiger partial charge in [0.1, 0.15) is 11.3 Å². The molecule has 3 nitrogen and oxygen atoms in total. The molecule has 3 aromatic rings. The second kappa shape index (κ2) is 4.85. The standard InChI is InChI=1S/C17H14O3/c1-11-16(12-6-4-3-5-7-12)14-9-8-13(19-2)10-15(14)20-17(11)18/h3-10H,1-2H3. The fourth-order valence-corrected chi connectivity index (χ4v) is 2.38. The topological polar surface area (TPSA) is 39.4 Å². The zero-order chi connectivity index (χ0) is 14.1. The predicted octanol–water partition coefficient (Wildman–Crippen LogP) is 3.78. The van der Waals surface area contributed by atoms with E-state index in [9.17, 15) is 4.79 Å². The van der Waals surface area contributed by atoms with Crippen LogP contribution in [0.3, 0.4) is 0 Å². The summed E-state index contributed by atoms with van der Waals surface area (Å²) in [6.07, 6.45) is 0. The molecule has 1 heterocycles. The average Bonchev–Trinajstić information content (AvgIpc) is 2.49. The maximum absolute atomic E-state index is 12.0. The number of hydrogen-bond donors (Lipinski definition) is 0. The van der Waals surface area contributed by atoms with Crippen molar-refractivity contribution in [3.8, 4) is 16.9 Å². The Morgan fingerprint density at radius 2 is 1.80 bits per heavy atom. The van der Waals surface area contributed by atoms with Crippen LogP contribution in [0.4, 0.5) is 0 Å². The van der Waals surface area contributed by atoms with E-state index >= 15 is 0 Å². The first kappa shape index (κ1) is 12.5. The molecule has 3 rings (SSSR count). The molecular weight excluding hydrogens is 252 g/mol. The minimum absolute atomic E-state index is 0.315. The van der Waals surface area contributed by atoms with E-state index in [2.05, 4.69) is 0 Å². The minimum Gasteiger partial charge on any atom is -0.497 e.